The molecule has 1 aliphatic heterocycles. The number of hydrogen-bond donors (Lipinski definition) is 3. The standard InChI is InChI=1S/C21H27N7O2/c1-4-22-19-18-16(7-8-23-18)25-21(26-19)24-15-6-5-14(13-17(15)30-3)20(29)28-11-9-27(2)10-12-28/h5-8,13,23H,4,9-12H2,1-3H3,(H2,22,24,25,26). The maximum atomic E-state index is 12.9. The first-order chi connectivity index (χ1) is 14.6. The molecule has 1 amide bonds. The van der Waals surface area contributed by atoms with Crippen LogP contribution in [0.5, 0.6) is 5.75 Å². The van der Waals surface area contributed by atoms with Gasteiger partial charge in [0.15, 0.2) is 5.82 Å². The van der Waals surface area contributed by atoms with Crippen LogP contribution in [-0.4, -0.2) is 77.5 Å². The van der Waals surface area contributed by atoms with Crippen molar-refractivity contribution in [1.82, 2.24) is 24.8 Å². The number of ether oxygens (including phenoxy) is 1. The topological polar surface area (TPSA) is 98.4 Å². The maximum Gasteiger partial charge on any atom is 0.254 e. The SMILES string of the molecule is CCNc1nc(Nc2ccc(C(=O)N3CCN(C)CC3)cc2OC)nc2cc[nH]c12. The van der Waals surface area contributed by atoms with E-state index in [4.69, 9.17) is 4.74 Å². The summed E-state index contributed by atoms with van der Waals surface area (Å²) in [5, 5.41) is 6.47. The van der Waals surface area contributed by atoms with Gasteiger partial charge in [-0.15, -0.1) is 0 Å². The molecule has 0 unspecified atom stereocenters. The van der Waals surface area contributed by atoms with Crippen molar-refractivity contribution in [2.75, 3.05) is 57.5 Å². The molecule has 1 aromatic carbocycles. The summed E-state index contributed by atoms with van der Waals surface area (Å²) in [6.07, 6.45) is 1.84. The fraction of sp³-hybridized carbons (Fsp3) is 0.381. The summed E-state index contributed by atoms with van der Waals surface area (Å²) in [6, 6.07) is 7.31. The first-order valence-electron chi connectivity index (χ1n) is 10.1. The van der Waals surface area contributed by atoms with Gasteiger partial charge < -0.3 is 30.2 Å². The van der Waals surface area contributed by atoms with Gasteiger partial charge in [-0.05, 0) is 38.2 Å². The van der Waals surface area contributed by atoms with Crippen molar-refractivity contribution in [3.05, 3.63) is 36.0 Å². The number of anilines is 3. The number of H-pyrrole nitrogens is 1. The Labute approximate surface area is 175 Å². The van der Waals surface area contributed by atoms with Crippen LogP contribution in [0, 0.1) is 0 Å². The summed E-state index contributed by atoms with van der Waals surface area (Å²) in [4.78, 5) is 29.3. The van der Waals surface area contributed by atoms with Gasteiger partial charge >= 0.3 is 0 Å². The van der Waals surface area contributed by atoms with Gasteiger partial charge in [-0.3, -0.25) is 4.79 Å². The van der Waals surface area contributed by atoms with Crippen LogP contribution in [0.15, 0.2) is 30.5 Å². The minimum atomic E-state index is 0.0207. The van der Waals surface area contributed by atoms with E-state index in [1.807, 2.05) is 36.2 Å². The van der Waals surface area contributed by atoms with Crippen LogP contribution in [0.3, 0.4) is 0 Å². The molecule has 1 fully saturated rings. The Hall–Kier alpha value is -3.33. The molecule has 0 aliphatic carbocycles. The number of piperazine rings is 1. The summed E-state index contributed by atoms with van der Waals surface area (Å²) < 4.78 is 5.54. The van der Waals surface area contributed by atoms with E-state index in [2.05, 4.69) is 37.5 Å². The Balaban J connectivity index is 1.58. The summed E-state index contributed by atoms with van der Waals surface area (Å²) >= 11 is 0. The third-order valence-electron chi connectivity index (χ3n) is 5.24. The number of benzene rings is 1. The highest BCUT2D eigenvalue weighted by Gasteiger charge is 2.21. The molecule has 30 heavy (non-hydrogen) atoms. The summed E-state index contributed by atoms with van der Waals surface area (Å²) in [5.74, 6) is 1.77. The lowest BCUT2D eigenvalue weighted by molar-refractivity contribution is 0.0664. The van der Waals surface area contributed by atoms with Gasteiger partial charge in [0.25, 0.3) is 5.91 Å². The minimum absolute atomic E-state index is 0.0207. The van der Waals surface area contributed by atoms with Crippen LogP contribution in [0.2, 0.25) is 0 Å². The number of carbonyl (C=O) groups is 1. The lowest BCUT2D eigenvalue weighted by Crippen LogP contribution is -2.47. The second-order valence-corrected chi connectivity index (χ2v) is 7.30. The number of carbonyl (C=O) groups excluding carboxylic acids is 1. The predicted octanol–water partition coefficient (Wildman–Crippen LogP) is 2.53. The van der Waals surface area contributed by atoms with E-state index in [1.165, 1.54) is 0 Å². The zero-order valence-corrected chi connectivity index (χ0v) is 17.5. The van der Waals surface area contributed by atoms with Gasteiger partial charge in [-0.1, -0.05) is 0 Å². The van der Waals surface area contributed by atoms with E-state index in [9.17, 15) is 4.79 Å². The van der Waals surface area contributed by atoms with Gasteiger partial charge in [-0.2, -0.15) is 4.98 Å². The number of hydrogen-bond acceptors (Lipinski definition) is 7. The van der Waals surface area contributed by atoms with Crippen LogP contribution < -0.4 is 15.4 Å². The number of aromatic amines is 1. The molecule has 1 saturated heterocycles. The van der Waals surface area contributed by atoms with E-state index in [0.717, 1.165) is 49.6 Å². The largest absolute Gasteiger partial charge is 0.495 e. The van der Waals surface area contributed by atoms with Gasteiger partial charge in [0.2, 0.25) is 5.95 Å². The zero-order chi connectivity index (χ0) is 21.1. The van der Waals surface area contributed by atoms with Crippen LogP contribution in [0.25, 0.3) is 11.0 Å². The molecule has 0 saturated carbocycles. The van der Waals surface area contributed by atoms with Crippen LogP contribution in [0.1, 0.15) is 17.3 Å². The second-order valence-electron chi connectivity index (χ2n) is 7.30. The molecule has 4 rings (SSSR count). The fourth-order valence-electron chi connectivity index (χ4n) is 3.54. The average Bonchev–Trinajstić information content (AvgIpc) is 3.23. The van der Waals surface area contributed by atoms with E-state index >= 15 is 0 Å². The van der Waals surface area contributed by atoms with Crippen LogP contribution in [-0.2, 0) is 0 Å². The number of likely N-dealkylation sites (N-methyl/N-ethyl adjacent to an activating group) is 1. The van der Waals surface area contributed by atoms with Crippen molar-refractivity contribution in [1.29, 1.82) is 0 Å². The van der Waals surface area contributed by atoms with Crippen molar-refractivity contribution in [2.45, 2.75) is 6.92 Å². The third kappa shape index (κ3) is 4.02. The van der Waals surface area contributed by atoms with E-state index in [0.29, 0.717) is 22.9 Å². The molecule has 0 bridgehead atoms. The minimum Gasteiger partial charge on any atom is -0.495 e. The highest BCUT2D eigenvalue weighted by Crippen LogP contribution is 2.30. The molecule has 9 heteroatoms. The number of aromatic nitrogens is 3. The Morgan fingerprint density at radius 2 is 2.00 bits per heavy atom. The fourth-order valence-corrected chi connectivity index (χ4v) is 3.54. The summed E-state index contributed by atoms with van der Waals surface area (Å²) in [5.41, 5.74) is 2.98. The molecular formula is C21H27N7O2. The Morgan fingerprint density at radius 1 is 1.20 bits per heavy atom. The van der Waals surface area contributed by atoms with Gasteiger partial charge in [0.1, 0.15) is 11.3 Å². The van der Waals surface area contributed by atoms with Crippen LogP contribution in [0.4, 0.5) is 17.5 Å². The highest BCUT2D eigenvalue weighted by atomic mass is 16.5. The molecule has 158 valence electrons. The van der Waals surface area contributed by atoms with Gasteiger partial charge in [0.05, 0.1) is 18.3 Å². The number of methoxy groups -OCH3 is 1. The average molecular weight is 409 g/mol. The molecule has 0 radical (unpaired) electrons. The monoisotopic (exact) mass is 409 g/mol. The normalized spacial score (nSPS) is 14.7. The Kier molecular flexibility index (Phi) is 5.71. The molecular weight excluding hydrogens is 382 g/mol. The van der Waals surface area contributed by atoms with E-state index in [-0.39, 0.29) is 5.91 Å². The number of rotatable bonds is 6. The number of nitrogens with zero attached hydrogens (tertiary/aromatic N) is 4. The van der Waals surface area contributed by atoms with Crippen molar-refractivity contribution < 1.29 is 9.53 Å². The third-order valence-corrected chi connectivity index (χ3v) is 5.24. The van der Waals surface area contributed by atoms with E-state index < -0.39 is 0 Å². The van der Waals surface area contributed by atoms with Crippen molar-refractivity contribution in [2.24, 2.45) is 0 Å². The molecule has 0 atom stereocenters. The molecule has 3 aromatic rings. The smallest absolute Gasteiger partial charge is 0.254 e. The molecule has 0 spiro atoms. The number of amides is 1. The first-order valence-corrected chi connectivity index (χ1v) is 10.1. The number of nitrogens with one attached hydrogen (secondary N) is 3. The first kappa shape index (κ1) is 20.0. The molecule has 3 heterocycles. The lowest BCUT2D eigenvalue weighted by atomic mass is 10.1. The van der Waals surface area contributed by atoms with Gasteiger partial charge in [-0.25, -0.2) is 4.98 Å². The maximum absolute atomic E-state index is 12.9. The van der Waals surface area contributed by atoms with E-state index in [1.54, 1.807) is 13.2 Å². The van der Waals surface area contributed by atoms with Crippen LogP contribution >= 0.6 is 0 Å². The summed E-state index contributed by atoms with van der Waals surface area (Å²) in [7, 11) is 3.66. The molecule has 3 N–H and O–H groups in total. The van der Waals surface area contributed by atoms with Crippen molar-refractivity contribution >= 4 is 34.4 Å². The quantitative estimate of drug-likeness (QED) is 0.575. The summed E-state index contributed by atoms with van der Waals surface area (Å²) in [6.45, 7) is 6.00. The molecule has 9 nitrogen and oxygen atoms in total. The Bertz CT molecular complexity index is 1040. The zero-order valence-electron chi connectivity index (χ0n) is 17.5. The van der Waals surface area contributed by atoms with Gasteiger partial charge in [0, 0.05) is 44.5 Å². The Morgan fingerprint density at radius 3 is 2.73 bits per heavy atom. The second kappa shape index (κ2) is 8.58. The predicted molar refractivity (Wildman–Crippen MR) is 118 cm³/mol. The highest BCUT2D eigenvalue weighted by molar-refractivity contribution is 5.95. The molecule has 1 aliphatic rings. The lowest BCUT2D eigenvalue weighted by Gasteiger charge is -2.32. The van der Waals surface area contributed by atoms with Crippen molar-refractivity contribution in [3.63, 3.8) is 0 Å². The number of fused-ring (bicyclic) bond motifs is 1. The molecule has 2 aromatic heterocycles. The van der Waals surface area contributed by atoms with Crippen molar-refractivity contribution in [3.8, 4) is 5.75 Å².